The zero-order chi connectivity index (χ0) is 21.3. The quantitative estimate of drug-likeness (QED) is 0.701. The molecule has 0 N–H and O–H groups in total. The van der Waals surface area contributed by atoms with Crippen molar-refractivity contribution in [2.75, 3.05) is 10.8 Å². The lowest BCUT2D eigenvalue weighted by Gasteiger charge is -2.33. The van der Waals surface area contributed by atoms with E-state index >= 15 is 0 Å². The SMILES string of the molecule is CC(C)N(C(=O)c1cccc(S(=O)(=O)N2CCCc3ccccc32)c1)C1CCCC1. The summed E-state index contributed by atoms with van der Waals surface area (Å²) in [7, 11) is -3.73. The molecule has 0 aromatic heterocycles. The highest BCUT2D eigenvalue weighted by Crippen LogP contribution is 2.32. The highest BCUT2D eigenvalue weighted by atomic mass is 32.2. The molecule has 0 unspecified atom stereocenters. The van der Waals surface area contributed by atoms with Crippen molar-refractivity contribution in [2.45, 2.75) is 69.4 Å². The molecule has 4 rings (SSSR count). The van der Waals surface area contributed by atoms with Gasteiger partial charge in [0.2, 0.25) is 0 Å². The number of sulfonamides is 1. The molecule has 1 fully saturated rings. The van der Waals surface area contributed by atoms with Gasteiger partial charge in [-0.3, -0.25) is 9.10 Å². The Bertz CT molecular complexity index is 1030. The molecule has 0 bridgehead atoms. The first-order chi connectivity index (χ1) is 14.4. The molecule has 1 amide bonds. The lowest BCUT2D eigenvalue weighted by molar-refractivity contribution is 0.0613. The summed E-state index contributed by atoms with van der Waals surface area (Å²) in [6, 6.07) is 14.5. The maximum absolute atomic E-state index is 13.5. The molecule has 2 aromatic rings. The van der Waals surface area contributed by atoms with Gasteiger partial charge >= 0.3 is 0 Å². The summed E-state index contributed by atoms with van der Waals surface area (Å²) >= 11 is 0. The fourth-order valence-corrected chi connectivity index (χ4v) is 6.41. The molecule has 0 atom stereocenters. The molecule has 1 saturated carbocycles. The molecule has 5 nitrogen and oxygen atoms in total. The van der Waals surface area contributed by atoms with E-state index in [0.29, 0.717) is 12.1 Å². The van der Waals surface area contributed by atoms with Crippen molar-refractivity contribution in [2.24, 2.45) is 0 Å². The summed E-state index contributed by atoms with van der Waals surface area (Å²) in [5, 5.41) is 0. The summed E-state index contributed by atoms with van der Waals surface area (Å²) in [6.07, 6.45) is 6.00. The van der Waals surface area contributed by atoms with E-state index in [4.69, 9.17) is 0 Å². The molecule has 1 aliphatic heterocycles. The van der Waals surface area contributed by atoms with E-state index in [1.165, 1.54) is 4.31 Å². The molecule has 160 valence electrons. The number of nitrogens with zero attached hydrogens (tertiary/aromatic N) is 2. The van der Waals surface area contributed by atoms with Gasteiger partial charge in [-0.05, 0) is 69.4 Å². The third-order valence-electron chi connectivity index (χ3n) is 6.25. The summed E-state index contributed by atoms with van der Waals surface area (Å²) in [6.45, 7) is 4.51. The highest BCUT2D eigenvalue weighted by molar-refractivity contribution is 7.92. The number of aryl methyl sites for hydroxylation is 1. The fourth-order valence-electron chi connectivity index (χ4n) is 4.82. The Labute approximate surface area is 179 Å². The molecule has 0 radical (unpaired) electrons. The van der Waals surface area contributed by atoms with Crippen LogP contribution in [0.4, 0.5) is 5.69 Å². The van der Waals surface area contributed by atoms with Crippen molar-refractivity contribution < 1.29 is 13.2 Å². The van der Waals surface area contributed by atoms with E-state index in [1.54, 1.807) is 24.3 Å². The number of rotatable bonds is 5. The number of para-hydroxylation sites is 1. The Morgan fingerprint density at radius 2 is 1.77 bits per heavy atom. The van der Waals surface area contributed by atoms with Crippen LogP contribution >= 0.6 is 0 Å². The van der Waals surface area contributed by atoms with Gasteiger partial charge < -0.3 is 4.90 Å². The number of benzene rings is 2. The van der Waals surface area contributed by atoms with Crippen molar-refractivity contribution in [3.05, 3.63) is 59.7 Å². The van der Waals surface area contributed by atoms with E-state index in [9.17, 15) is 13.2 Å². The van der Waals surface area contributed by atoms with Crippen LogP contribution in [-0.2, 0) is 16.4 Å². The maximum Gasteiger partial charge on any atom is 0.264 e. The van der Waals surface area contributed by atoms with Gasteiger partial charge in [-0.2, -0.15) is 0 Å². The van der Waals surface area contributed by atoms with E-state index in [1.807, 2.05) is 43.0 Å². The van der Waals surface area contributed by atoms with Crippen LogP contribution in [0.3, 0.4) is 0 Å². The summed E-state index contributed by atoms with van der Waals surface area (Å²) < 4.78 is 28.5. The number of anilines is 1. The van der Waals surface area contributed by atoms with Crippen molar-refractivity contribution in [1.82, 2.24) is 4.90 Å². The van der Waals surface area contributed by atoms with E-state index < -0.39 is 10.0 Å². The molecule has 2 aliphatic rings. The second-order valence-electron chi connectivity index (χ2n) is 8.58. The number of amides is 1. The molecule has 1 heterocycles. The average Bonchev–Trinajstić information content (AvgIpc) is 3.27. The standard InChI is InChI=1S/C24H30N2O3S/c1-18(2)26(21-12-4-5-13-21)24(27)20-10-7-14-22(17-20)30(28,29)25-16-8-11-19-9-3-6-15-23(19)25/h3,6-7,9-10,14-15,17-18,21H,4-5,8,11-13,16H2,1-2H3. The molecule has 0 spiro atoms. The van der Waals surface area contributed by atoms with Gasteiger partial charge in [0.25, 0.3) is 15.9 Å². The van der Waals surface area contributed by atoms with Crippen molar-refractivity contribution in [1.29, 1.82) is 0 Å². The molecule has 0 saturated heterocycles. The predicted molar refractivity (Wildman–Crippen MR) is 119 cm³/mol. The largest absolute Gasteiger partial charge is 0.333 e. The monoisotopic (exact) mass is 426 g/mol. The summed E-state index contributed by atoms with van der Waals surface area (Å²) in [5.74, 6) is -0.0759. The van der Waals surface area contributed by atoms with Crippen LogP contribution in [0.5, 0.6) is 0 Å². The average molecular weight is 427 g/mol. The minimum absolute atomic E-state index is 0.0759. The first kappa shape index (κ1) is 20.9. The molecular weight excluding hydrogens is 396 g/mol. The minimum Gasteiger partial charge on any atom is -0.333 e. The van der Waals surface area contributed by atoms with Gasteiger partial charge in [0, 0.05) is 24.2 Å². The Kier molecular flexibility index (Phi) is 5.87. The lowest BCUT2D eigenvalue weighted by atomic mass is 10.0. The van der Waals surface area contributed by atoms with Gasteiger partial charge in [-0.1, -0.05) is 37.1 Å². The molecular formula is C24H30N2O3S. The maximum atomic E-state index is 13.5. The number of hydrogen-bond acceptors (Lipinski definition) is 3. The Balaban J connectivity index is 1.67. The summed E-state index contributed by atoms with van der Waals surface area (Å²) in [4.78, 5) is 15.5. The summed E-state index contributed by atoms with van der Waals surface area (Å²) in [5.41, 5.74) is 2.24. The van der Waals surface area contributed by atoms with Crippen LogP contribution in [-0.4, -0.2) is 37.9 Å². The molecule has 1 aliphatic carbocycles. The van der Waals surface area contributed by atoms with Gasteiger partial charge in [0.15, 0.2) is 0 Å². The predicted octanol–water partition coefficient (Wildman–Crippen LogP) is 4.62. The van der Waals surface area contributed by atoms with Gasteiger partial charge in [0.1, 0.15) is 0 Å². The Morgan fingerprint density at radius 3 is 2.50 bits per heavy atom. The van der Waals surface area contributed by atoms with Crippen LogP contribution in [0, 0.1) is 0 Å². The number of fused-ring (bicyclic) bond motifs is 1. The van der Waals surface area contributed by atoms with Crippen LogP contribution < -0.4 is 4.31 Å². The van der Waals surface area contributed by atoms with E-state index in [-0.39, 0.29) is 22.9 Å². The third kappa shape index (κ3) is 3.85. The second kappa shape index (κ2) is 8.42. The topological polar surface area (TPSA) is 57.7 Å². The van der Waals surface area contributed by atoms with Crippen LogP contribution in [0.1, 0.15) is 61.9 Å². The third-order valence-corrected chi connectivity index (χ3v) is 8.05. The number of carbonyl (C=O) groups excluding carboxylic acids is 1. The van der Waals surface area contributed by atoms with Crippen molar-refractivity contribution >= 4 is 21.6 Å². The molecule has 30 heavy (non-hydrogen) atoms. The first-order valence-corrected chi connectivity index (χ1v) is 12.4. The molecule has 2 aromatic carbocycles. The van der Waals surface area contributed by atoms with Gasteiger partial charge in [-0.25, -0.2) is 8.42 Å². The smallest absolute Gasteiger partial charge is 0.264 e. The van der Waals surface area contributed by atoms with Crippen LogP contribution in [0.15, 0.2) is 53.4 Å². The number of carbonyl (C=O) groups is 1. The minimum atomic E-state index is -3.73. The van der Waals surface area contributed by atoms with Crippen LogP contribution in [0.25, 0.3) is 0 Å². The zero-order valence-corrected chi connectivity index (χ0v) is 18.6. The lowest BCUT2D eigenvalue weighted by Crippen LogP contribution is -2.43. The molecule has 6 heteroatoms. The van der Waals surface area contributed by atoms with Crippen molar-refractivity contribution in [3.63, 3.8) is 0 Å². The van der Waals surface area contributed by atoms with E-state index in [2.05, 4.69) is 0 Å². The van der Waals surface area contributed by atoms with Gasteiger partial charge in [0.05, 0.1) is 10.6 Å². The zero-order valence-electron chi connectivity index (χ0n) is 17.8. The second-order valence-corrected chi connectivity index (χ2v) is 10.4. The Morgan fingerprint density at radius 1 is 1.03 bits per heavy atom. The highest BCUT2D eigenvalue weighted by Gasteiger charge is 2.32. The van der Waals surface area contributed by atoms with Gasteiger partial charge in [-0.15, -0.1) is 0 Å². The van der Waals surface area contributed by atoms with Crippen LogP contribution in [0.2, 0.25) is 0 Å². The first-order valence-electron chi connectivity index (χ1n) is 10.9. The Hall–Kier alpha value is -2.34. The van der Waals surface area contributed by atoms with Crippen molar-refractivity contribution in [3.8, 4) is 0 Å². The number of hydrogen-bond donors (Lipinski definition) is 0. The normalized spacial score (nSPS) is 17.2. The fraction of sp³-hybridized carbons (Fsp3) is 0.458. The van der Waals surface area contributed by atoms with E-state index in [0.717, 1.165) is 49.8 Å².